The average molecular weight is 467 g/mol. The van der Waals surface area contributed by atoms with E-state index in [0.29, 0.717) is 0 Å². The highest BCUT2D eigenvalue weighted by Crippen LogP contribution is 2.40. The molecule has 30 heavy (non-hydrogen) atoms. The van der Waals surface area contributed by atoms with Crippen molar-refractivity contribution in [1.29, 1.82) is 0 Å². The number of rotatable bonds is 2. The van der Waals surface area contributed by atoms with E-state index in [1.165, 1.54) is 10.1 Å². The topological polar surface area (TPSA) is 25.8 Å². The van der Waals surface area contributed by atoms with Crippen molar-refractivity contribution < 1.29 is 0 Å². The van der Waals surface area contributed by atoms with E-state index in [2.05, 4.69) is 101 Å². The van der Waals surface area contributed by atoms with Gasteiger partial charge in [0.25, 0.3) is 0 Å². The Kier molecular flexibility index (Phi) is 4.15. The first kappa shape index (κ1) is 17.8. The maximum Gasteiger partial charge on any atom is 0.161 e. The van der Waals surface area contributed by atoms with Gasteiger partial charge in [-0.15, -0.1) is 11.3 Å². The third-order valence-electron chi connectivity index (χ3n) is 5.38. The Balaban J connectivity index is 1.74. The van der Waals surface area contributed by atoms with Gasteiger partial charge >= 0.3 is 0 Å². The summed E-state index contributed by atoms with van der Waals surface area (Å²) >= 11 is 5.44. The fraction of sp³-hybridized carbons (Fsp3) is 0. The van der Waals surface area contributed by atoms with E-state index in [-0.39, 0.29) is 0 Å². The number of hydrogen-bond acceptors (Lipinski definition) is 3. The zero-order chi connectivity index (χ0) is 20.1. The predicted molar refractivity (Wildman–Crippen MR) is 131 cm³/mol. The minimum atomic E-state index is 0.758. The van der Waals surface area contributed by atoms with Gasteiger partial charge in [-0.2, -0.15) is 0 Å². The van der Waals surface area contributed by atoms with Crippen molar-refractivity contribution in [1.82, 2.24) is 9.97 Å². The van der Waals surface area contributed by atoms with E-state index in [9.17, 15) is 0 Å². The molecule has 0 saturated carbocycles. The third-order valence-corrected chi connectivity index (χ3v) is 7.24. The van der Waals surface area contributed by atoms with Crippen LogP contribution >= 0.6 is 27.3 Å². The summed E-state index contributed by atoms with van der Waals surface area (Å²) in [6, 6.07) is 31.4. The first-order chi connectivity index (χ1) is 14.8. The van der Waals surface area contributed by atoms with E-state index in [1.807, 2.05) is 6.07 Å². The second-order valence-electron chi connectivity index (χ2n) is 7.18. The number of aromatic nitrogens is 2. The van der Waals surface area contributed by atoms with Gasteiger partial charge in [0, 0.05) is 25.7 Å². The molecule has 0 fully saturated rings. The molecule has 6 rings (SSSR count). The molecule has 0 aliphatic heterocycles. The Labute approximate surface area is 186 Å². The number of halogens is 1. The van der Waals surface area contributed by atoms with E-state index in [4.69, 9.17) is 9.97 Å². The lowest BCUT2D eigenvalue weighted by Gasteiger charge is -2.10. The molecule has 0 radical (unpaired) electrons. The number of hydrogen-bond donors (Lipinski definition) is 0. The molecule has 2 aromatic heterocycles. The standard InChI is InChI=1S/C26H15BrN2S/c27-21-15-14-19(17-10-4-5-11-18(17)21)26-28-23(16-8-2-1-3-9-16)25-24(29-26)20-12-6-7-13-22(20)30-25/h1-15H. The van der Waals surface area contributed by atoms with Crippen LogP contribution in [0, 0.1) is 0 Å². The average Bonchev–Trinajstić information content (AvgIpc) is 3.18. The number of benzene rings is 4. The van der Waals surface area contributed by atoms with E-state index in [0.717, 1.165) is 48.1 Å². The van der Waals surface area contributed by atoms with E-state index in [1.54, 1.807) is 11.3 Å². The summed E-state index contributed by atoms with van der Waals surface area (Å²) in [5.74, 6) is 0.758. The maximum absolute atomic E-state index is 5.10. The zero-order valence-corrected chi connectivity index (χ0v) is 18.2. The summed E-state index contributed by atoms with van der Waals surface area (Å²) in [4.78, 5) is 10.2. The van der Waals surface area contributed by atoms with Crippen LogP contribution < -0.4 is 0 Å². The molecule has 0 amide bonds. The Hall–Kier alpha value is -3.08. The van der Waals surface area contributed by atoms with Crippen LogP contribution in [0.3, 0.4) is 0 Å². The molecule has 142 valence electrons. The summed E-state index contributed by atoms with van der Waals surface area (Å²) in [6.45, 7) is 0. The molecule has 2 heterocycles. The van der Waals surface area contributed by atoms with Gasteiger partial charge in [-0.25, -0.2) is 9.97 Å². The Morgan fingerprint density at radius 2 is 1.33 bits per heavy atom. The van der Waals surface area contributed by atoms with Gasteiger partial charge in [-0.3, -0.25) is 0 Å². The second kappa shape index (κ2) is 7.01. The van der Waals surface area contributed by atoms with Crippen molar-refractivity contribution in [3.8, 4) is 22.6 Å². The first-order valence-corrected chi connectivity index (χ1v) is 11.3. The van der Waals surface area contributed by atoms with Crippen LogP contribution in [-0.2, 0) is 0 Å². The van der Waals surface area contributed by atoms with E-state index >= 15 is 0 Å². The van der Waals surface area contributed by atoms with Gasteiger partial charge in [0.15, 0.2) is 5.82 Å². The van der Waals surface area contributed by atoms with Gasteiger partial charge in [0.2, 0.25) is 0 Å². The summed E-state index contributed by atoms with van der Waals surface area (Å²) in [5, 5.41) is 3.49. The fourth-order valence-electron chi connectivity index (χ4n) is 3.96. The maximum atomic E-state index is 5.10. The minimum Gasteiger partial charge on any atom is -0.226 e. The molecular formula is C26H15BrN2S. The van der Waals surface area contributed by atoms with Crippen molar-refractivity contribution in [2.24, 2.45) is 0 Å². The molecule has 0 saturated heterocycles. The lowest BCUT2D eigenvalue weighted by atomic mass is 10.0. The van der Waals surface area contributed by atoms with Crippen LogP contribution in [0.15, 0.2) is 95.5 Å². The van der Waals surface area contributed by atoms with Gasteiger partial charge in [0.1, 0.15) is 0 Å². The fourth-order valence-corrected chi connectivity index (χ4v) is 5.59. The van der Waals surface area contributed by atoms with Crippen LogP contribution in [-0.4, -0.2) is 9.97 Å². The van der Waals surface area contributed by atoms with Gasteiger partial charge in [-0.05, 0) is 29.0 Å². The molecular weight excluding hydrogens is 452 g/mol. The Bertz CT molecular complexity index is 1550. The zero-order valence-electron chi connectivity index (χ0n) is 15.8. The number of thiophene rings is 1. The van der Waals surface area contributed by atoms with Crippen LogP contribution in [0.25, 0.3) is 53.7 Å². The SMILES string of the molecule is Brc1ccc(-c2nc(-c3ccccc3)c3sc4ccccc4c3n2)c2ccccc12. The molecule has 0 unspecified atom stereocenters. The quantitative estimate of drug-likeness (QED) is 0.257. The molecule has 0 spiro atoms. The van der Waals surface area contributed by atoms with Crippen molar-refractivity contribution in [2.45, 2.75) is 0 Å². The minimum absolute atomic E-state index is 0.758. The highest BCUT2D eigenvalue weighted by Gasteiger charge is 2.17. The second-order valence-corrected chi connectivity index (χ2v) is 9.08. The van der Waals surface area contributed by atoms with E-state index < -0.39 is 0 Å². The van der Waals surface area contributed by atoms with Crippen LogP contribution in [0.5, 0.6) is 0 Å². The Morgan fingerprint density at radius 1 is 0.633 bits per heavy atom. The molecule has 4 heteroatoms. The first-order valence-electron chi connectivity index (χ1n) is 9.72. The molecule has 2 nitrogen and oxygen atoms in total. The summed E-state index contributed by atoms with van der Waals surface area (Å²) in [6.07, 6.45) is 0. The molecule has 6 aromatic rings. The van der Waals surface area contributed by atoms with Gasteiger partial charge in [0.05, 0.1) is 15.9 Å². The molecule has 4 aromatic carbocycles. The van der Waals surface area contributed by atoms with Crippen molar-refractivity contribution in [3.63, 3.8) is 0 Å². The predicted octanol–water partition coefficient (Wildman–Crippen LogP) is 8.09. The smallest absolute Gasteiger partial charge is 0.161 e. The van der Waals surface area contributed by atoms with Crippen molar-refractivity contribution in [3.05, 3.63) is 95.5 Å². The monoisotopic (exact) mass is 466 g/mol. The van der Waals surface area contributed by atoms with Crippen LogP contribution in [0.2, 0.25) is 0 Å². The summed E-state index contributed by atoms with van der Waals surface area (Å²) in [7, 11) is 0. The highest BCUT2D eigenvalue weighted by atomic mass is 79.9. The molecule has 0 aliphatic carbocycles. The van der Waals surface area contributed by atoms with Crippen molar-refractivity contribution >= 4 is 58.3 Å². The van der Waals surface area contributed by atoms with Crippen LogP contribution in [0.1, 0.15) is 0 Å². The highest BCUT2D eigenvalue weighted by molar-refractivity contribution is 9.10. The third kappa shape index (κ3) is 2.76. The van der Waals surface area contributed by atoms with Gasteiger partial charge in [-0.1, -0.05) is 88.7 Å². The normalized spacial score (nSPS) is 11.5. The molecule has 0 atom stereocenters. The molecule has 0 N–H and O–H groups in total. The lowest BCUT2D eigenvalue weighted by Crippen LogP contribution is -1.94. The summed E-state index contributed by atoms with van der Waals surface area (Å²) < 4.78 is 3.44. The van der Waals surface area contributed by atoms with Crippen molar-refractivity contribution in [2.75, 3.05) is 0 Å². The largest absolute Gasteiger partial charge is 0.226 e. The summed E-state index contributed by atoms with van der Waals surface area (Å²) in [5.41, 5.74) is 4.16. The van der Waals surface area contributed by atoms with Crippen LogP contribution in [0.4, 0.5) is 0 Å². The van der Waals surface area contributed by atoms with Gasteiger partial charge < -0.3 is 0 Å². The lowest BCUT2D eigenvalue weighted by molar-refractivity contribution is 1.24. The Morgan fingerprint density at radius 3 is 2.17 bits per heavy atom. The number of fused-ring (bicyclic) bond motifs is 4. The molecule has 0 aliphatic rings. The molecule has 0 bridgehead atoms. The number of nitrogens with zero attached hydrogens (tertiary/aromatic N) is 2.